The van der Waals surface area contributed by atoms with E-state index >= 15 is 0 Å². The molecular formula is C7H14O2S. The fourth-order valence-corrected chi connectivity index (χ4v) is 1.22. The van der Waals surface area contributed by atoms with Crippen LogP contribution in [0, 0.1) is 0 Å². The van der Waals surface area contributed by atoms with Crippen LogP contribution in [0.25, 0.3) is 0 Å². The second-order valence-corrected chi connectivity index (χ2v) is 3.97. The van der Waals surface area contributed by atoms with Gasteiger partial charge in [0.2, 0.25) is 0 Å². The molecule has 0 radical (unpaired) electrons. The zero-order valence-corrected chi connectivity index (χ0v) is 7.49. The quantitative estimate of drug-likeness (QED) is 0.687. The van der Waals surface area contributed by atoms with Crippen LogP contribution in [0.2, 0.25) is 0 Å². The van der Waals surface area contributed by atoms with E-state index in [1.54, 1.807) is 11.8 Å². The van der Waals surface area contributed by atoms with Crippen LogP contribution in [0.3, 0.4) is 0 Å². The van der Waals surface area contributed by atoms with Gasteiger partial charge in [-0.3, -0.25) is 4.79 Å². The number of hydrogen-bond acceptors (Lipinski definition) is 2. The van der Waals surface area contributed by atoms with Gasteiger partial charge in [-0.1, -0.05) is 6.92 Å². The lowest BCUT2D eigenvalue weighted by molar-refractivity contribution is -0.137. The van der Waals surface area contributed by atoms with Crippen LogP contribution < -0.4 is 0 Å². The molecule has 0 saturated heterocycles. The van der Waals surface area contributed by atoms with E-state index in [4.69, 9.17) is 5.11 Å². The third-order valence-electron chi connectivity index (χ3n) is 1.77. The summed E-state index contributed by atoms with van der Waals surface area (Å²) in [5.74, 6) is -0.710. The Balaban J connectivity index is 3.92. The molecule has 0 amide bonds. The zero-order chi connectivity index (χ0) is 8.20. The molecule has 1 N–H and O–H groups in total. The lowest BCUT2D eigenvalue weighted by Gasteiger charge is -2.22. The maximum absolute atomic E-state index is 10.3. The molecule has 60 valence electrons. The van der Waals surface area contributed by atoms with Crippen LogP contribution >= 0.6 is 11.8 Å². The van der Waals surface area contributed by atoms with Crippen molar-refractivity contribution in [1.29, 1.82) is 0 Å². The first-order chi connectivity index (χ1) is 4.54. The van der Waals surface area contributed by atoms with Gasteiger partial charge >= 0.3 is 5.97 Å². The number of hydrogen-bond donors (Lipinski definition) is 1. The molecule has 0 aromatic carbocycles. The highest BCUT2D eigenvalue weighted by Gasteiger charge is 2.23. The summed E-state index contributed by atoms with van der Waals surface area (Å²) in [6.45, 7) is 3.99. The topological polar surface area (TPSA) is 37.3 Å². The van der Waals surface area contributed by atoms with Crippen molar-refractivity contribution in [3.05, 3.63) is 0 Å². The van der Waals surface area contributed by atoms with Gasteiger partial charge < -0.3 is 5.11 Å². The van der Waals surface area contributed by atoms with Crippen LogP contribution in [-0.2, 0) is 4.79 Å². The fourth-order valence-electron chi connectivity index (χ4n) is 0.661. The van der Waals surface area contributed by atoms with E-state index in [0.29, 0.717) is 0 Å². The molecule has 3 heteroatoms. The maximum Gasteiger partial charge on any atom is 0.304 e. The van der Waals surface area contributed by atoms with E-state index in [1.807, 2.05) is 20.1 Å². The maximum atomic E-state index is 10.3. The minimum absolute atomic E-state index is 0.0775. The van der Waals surface area contributed by atoms with Gasteiger partial charge in [0.15, 0.2) is 0 Å². The first-order valence-corrected chi connectivity index (χ1v) is 4.53. The molecule has 2 nitrogen and oxygen atoms in total. The number of aliphatic carboxylic acids is 1. The van der Waals surface area contributed by atoms with E-state index in [9.17, 15) is 4.79 Å². The Kier molecular flexibility index (Phi) is 3.79. The molecular weight excluding hydrogens is 148 g/mol. The third-order valence-corrected chi connectivity index (χ3v) is 3.18. The monoisotopic (exact) mass is 162 g/mol. The average molecular weight is 162 g/mol. The Morgan fingerprint density at radius 1 is 1.70 bits per heavy atom. The summed E-state index contributed by atoms with van der Waals surface area (Å²) < 4.78 is -0.0775. The highest BCUT2D eigenvalue weighted by atomic mass is 32.2. The number of carboxylic acids is 1. The lowest BCUT2D eigenvalue weighted by atomic mass is 10.0. The van der Waals surface area contributed by atoms with Crippen LogP contribution in [0.4, 0.5) is 0 Å². The summed E-state index contributed by atoms with van der Waals surface area (Å²) in [5.41, 5.74) is 0. The van der Waals surface area contributed by atoms with Crippen LogP contribution in [0.1, 0.15) is 26.7 Å². The predicted molar refractivity (Wildman–Crippen MR) is 44.5 cm³/mol. The Morgan fingerprint density at radius 3 is 2.30 bits per heavy atom. The molecule has 1 atom stereocenters. The summed E-state index contributed by atoms with van der Waals surface area (Å²) in [5, 5.41) is 8.50. The summed E-state index contributed by atoms with van der Waals surface area (Å²) in [4.78, 5) is 10.3. The van der Waals surface area contributed by atoms with Gasteiger partial charge in [0, 0.05) is 4.75 Å². The molecule has 0 saturated carbocycles. The molecule has 0 aliphatic rings. The van der Waals surface area contributed by atoms with Gasteiger partial charge in [0.25, 0.3) is 0 Å². The van der Waals surface area contributed by atoms with Crippen molar-refractivity contribution in [2.24, 2.45) is 0 Å². The molecule has 0 heterocycles. The molecule has 0 bridgehead atoms. The lowest BCUT2D eigenvalue weighted by Crippen LogP contribution is -2.22. The summed E-state index contributed by atoms with van der Waals surface area (Å²) in [6.07, 6.45) is 3.11. The number of carbonyl (C=O) groups is 1. The molecule has 10 heavy (non-hydrogen) atoms. The third kappa shape index (κ3) is 3.11. The van der Waals surface area contributed by atoms with Gasteiger partial charge in [-0.15, -0.1) is 0 Å². The number of carboxylic acid groups (broad SMARTS) is 1. The summed E-state index contributed by atoms with van der Waals surface area (Å²) in [7, 11) is 0. The van der Waals surface area contributed by atoms with Crippen LogP contribution in [-0.4, -0.2) is 22.1 Å². The normalized spacial score (nSPS) is 16.3. The van der Waals surface area contributed by atoms with Crippen molar-refractivity contribution < 1.29 is 9.90 Å². The van der Waals surface area contributed by atoms with Gasteiger partial charge in [-0.25, -0.2) is 0 Å². The predicted octanol–water partition coefficient (Wildman–Crippen LogP) is 1.99. The van der Waals surface area contributed by atoms with Gasteiger partial charge in [0.05, 0.1) is 6.42 Å². The summed E-state index contributed by atoms with van der Waals surface area (Å²) >= 11 is 1.62. The van der Waals surface area contributed by atoms with Crippen molar-refractivity contribution in [1.82, 2.24) is 0 Å². The smallest absolute Gasteiger partial charge is 0.304 e. The molecule has 0 aromatic rings. The first-order valence-electron chi connectivity index (χ1n) is 3.31. The van der Waals surface area contributed by atoms with E-state index < -0.39 is 5.97 Å². The van der Waals surface area contributed by atoms with Crippen molar-refractivity contribution in [3.8, 4) is 0 Å². The fraction of sp³-hybridized carbons (Fsp3) is 0.857. The molecule has 0 aliphatic carbocycles. The Bertz CT molecular complexity index is 119. The van der Waals surface area contributed by atoms with Crippen LogP contribution in [0.5, 0.6) is 0 Å². The molecule has 0 rings (SSSR count). The second kappa shape index (κ2) is 3.86. The molecule has 1 unspecified atom stereocenters. The largest absolute Gasteiger partial charge is 0.481 e. The zero-order valence-electron chi connectivity index (χ0n) is 6.68. The number of thioether (sulfide) groups is 1. The van der Waals surface area contributed by atoms with E-state index in [0.717, 1.165) is 6.42 Å². The van der Waals surface area contributed by atoms with Crippen molar-refractivity contribution in [3.63, 3.8) is 0 Å². The highest BCUT2D eigenvalue weighted by Crippen LogP contribution is 2.29. The second-order valence-electron chi connectivity index (χ2n) is 2.58. The van der Waals surface area contributed by atoms with Gasteiger partial charge in [0.1, 0.15) is 0 Å². The Morgan fingerprint density at radius 2 is 2.20 bits per heavy atom. The average Bonchev–Trinajstić information content (AvgIpc) is 1.87. The van der Waals surface area contributed by atoms with Crippen molar-refractivity contribution in [2.75, 3.05) is 6.26 Å². The van der Waals surface area contributed by atoms with Gasteiger partial charge in [-0.05, 0) is 19.6 Å². The molecule has 0 spiro atoms. The van der Waals surface area contributed by atoms with E-state index in [-0.39, 0.29) is 11.2 Å². The SMILES string of the molecule is CCC(C)(CC(=O)O)SC. The molecule has 0 fully saturated rings. The summed E-state index contributed by atoms with van der Waals surface area (Å²) in [6, 6.07) is 0. The van der Waals surface area contributed by atoms with Crippen molar-refractivity contribution in [2.45, 2.75) is 31.4 Å². The minimum atomic E-state index is -0.710. The number of rotatable bonds is 4. The Hall–Kier alpha value is -0.180. The Labute approximate surface area is 66.0 Å². The standard InChI is InChI=1S/C7H14O2S/c1-4-7(2,10-3)5-6(8)9/h4-5H2,1-3H3,(H,8,9). The highest BCUT2D eigenvalue weighted by molar-refractivity contribution is 8.00. The molecule has 0 aliphatic heterocycles. The van der Waals surface area contributed by atoms with Crippen LogP contribution in [0.15, 0.2) is 0 Å². The van der Waals surface area contributed by atoms with E-state index in [2.05, 4.69) is 0 Å². The van der Waals surface area contributed by atoms with Crippen molar-refractivity contribution >= 4 is 17.7 Å². The minimum Gasteiger partial charge on any atom is -0.481 e. The first kappa shape index (κ1) is 9.82. The molecule has 0 aromatic heterocycles. The van der Waals surface area contributed by atoms with E-state index in [1.165, 1.54) is 0 Å². The van der Waals surface area contributed by atoms with Gasteiger partial charge in [-0.2, -0.15) is 11.8 Å².